The molecule has 0 atom stereocenters. The Bertz CT molecular complexity index is 678. The molecule has 2 rings (SSSR count). The lowest BCUT2D eigenvalue weighted by molar-refractivity contribution is 0.306. The van der Waals surface area contributed by atoms with Gasteiger partial charge in [0, 0.05) is 10.6 Å². The highest BCUT2D eigenvalue weighted by Crippen LogP contribution is 2.22. The van der Waals surface area contributed by atoms with Gasteiger partial charge in [0.15, 0.2) is 0 Å². The van der Waals surface area contributed by atoms with Crippen molar-refractivity contribution in [2.75, 3.05) is 7.11 Å². The number of benzene rings is 2. The molecule has 0 aliphatic rings. The molecular formula is C16H13ClN2O2. The molecule has 0 fully saturated rings. The van der Waals surface area contributed by atoms with Crippen molar-refractivity contribution in [2.24, 2.45) is 4.99 Å². The van der Waals surface area contributed by atoms with Crippen LogP contribution in [0.4, 0.5) is 0 Å². The summed E-state index contributed by atoms with van der Waals surface area (Å²) in [4.78, 5) is 3.60. The van der Waals surface area contributed by atoms with E-state index in [0.717, 1.165) is 5.56 Å². The Morgan fingerprint density at radius 1 is 1.24 bits per heavy atom. The van der Waals surface area contributed by atoms with Crippen molar-refractivity contribution in [3.8, 4) is 11.9 Å². The lowest BCUT2D eigenvalue weighted by Gasteiger charge is -2.09. The zero-order valence-electron chi connectivity index (χ0n) is 11.4. The predicted octanol–water partition coefficient (Wildman–Crippen LogP) is 3.79. The number of aliphatic imine (C=N–C) groups is 1. The van der Waals surface area contributed by atoms with Crippen molar-refractivity contribution >= 4 is 17.5 Å². The SMILES string of the molecule is COC(=NC#N)c1cc(Cl)cc(OCc2ccccc2)c1. The molecule has 0 heterocycles. The summed E-state index contributed by atoms with van der Waals surface area (Å²) in [7, 11) is 1.45. The lowest BCUT2D eigenvalue weighted by Crippen LogP contribution is -2.04. The molecule has 5 heteroatoms. The summed E-state index contributed by atoms with van der Waals surface area (Å²) in [5, 5.41) is 9.12. The van der Waals surface area contributed by atoms with Gasteiger partial charge >= 0.3 is 0 Å². The van der Waals surface area contributed by atoms with Gasteiger partial charge < -0.3 is 9.47 Å². The van der Waals surface area contributed by atoms with Crippen LogP contribution >= 0.6 is 11.6 Å². The van der Waals surface area contributed by atoms with Crippen LogP contribution in [0.25, 0.3) is 0 Å². The third kappa shape index (κ3) is 4.23. The number of ether oxygens (including phenoxy) is 2. The Kier molecular flexibility index (Phi) is 5.19. The molecule has 21 heavy (non-hydrogen) atoms. The minimum atomic E-state index is 0.199. The first-order valence-electron chi connectivity index (χ1n) is 6.21. The highest BCUT2D eigenvalue weighted by molar-refractivity contribution is 6.31. The molecule has 0 aliphatic heterocycles. The number of methoxy groups -OCH3 is 1. The topological polar surface area (TPSA) is 54.6 Å². The molecule has 0 radical (unpaired) electrons. The minimum absolute atomic E-state index is 0.199. The number of halogens is 1. The fraction of sp³-hybridized carbons (Fsp3) is 0.125. The average molecular weight is 301 g/mol. The summed E-state index contributed by atoms with van der Waals surface area (Å²) in [6, 6.07) is 14.9. The number of rotatable bonds is 4. The fourth-order valence-electron chi connectivity index (χ4n) is 1.78. The smallest absolute Gasteiger partial charge is 0.231 e. The maximum absolute atomic E-state index is 8.64. The molecule has 0 amide bonds. The molecule has 0 saturated heterocycles. The Morgan fingerprint density at radius 3 is 2.67 bits per heavy atom. The zero-order valence-corrected chi connectivity index (χ0v) is 12.2. The van der Waals surface area contributed by atoms with Gasteiger partial charge in [0.2, 0.25) is 12.1 Å². The molecule has 0 spiro atoms. The van der Waals surface area contributed by atoms with Crippen LogP contribution in [-0.2, 0) is 11.3 Å². The second-order valence-electron chi connectivity index (χ2n) is 4.17. The largest absolute Gasteiger partial charge is 0.489 e. The van der Waals surface area contributed by atoms with Crippen molar-refractivity contribution in [2.45, 2.75) is 6.61 Å². The van der Waals surface area contributed by atoms with Gasteiger partial charge in [0.1, 0.15) is 12.4 Å². The number of nitrogens with zero attached hydrogens (tertiary/aromatic N) is 2. The van der Waals surface area contributed by atoms with Gasteiger partial charge in [-0.2, -0.15) is 5.26 Å². The van der Waals surface area contributed by atoms with E-state index in [2.05, 4.69) is 4.99 Å². The van der Waals surface area contributed by atoms with Crippen LogP contribution in [0, 0.1) is 11.5 Å². The Labute approximate surface area is 128 Å². The number of hydrogen-bond donors (Lipinski definition) is 0. The van der Waals surface area contributed by atoms with Crippen LogP contribution in [0.2, 0.25) is 5.02 Å². The molecule has 0 aromatic heterocycles. The second kappa shape index (κ2) is 7.32. The van der Waals surface area contributed by atoms with E-state index in [4.69, 9.17) is 26.3 Å². The zero-order chi connectivity index (χ0) is 15.1. The van der Waals surface area contributed by atoms with Gasteiger partial charge in [-0.1, -0.05) is 41.9 Å². The molecule has 106 valence electrons. The van der Waals surface area contributed by atoms with Crippen LogP contribution in [0.5, 0.6) is 5.75 Å². The van der Waals surface area contributed by atoms with Crippen LogP contribution in [0.1, 0.15) is 11.1 Å². The van der Waals surface area contributed by atoms with E-state index in [0.29, 0.717) is 22.9 Å². The Morgan fingerprint density at radius 2 is 2.00 bits per heavy atom. The van der Waals surface area contributed by atoms with Crippen LogP contribution in [0.15, 0.2) is 53.5 Å². The van der Waals surface area contributed by atoms with Crippen molar-refractivity contribution in [1.82, 2.24) is 0 Å². The Hall–Kier alpha value is -2.51. The lowest BCUT2D eigenvalue weighted by atomic mass is 10.2. The normalized spacial score (nSPS) is 10.8. The van der Waals surface area contributed by atoms with E-state index in [1.54, 1.807) is 24.4 Å². The monoisotopic (exact) mass is 300 g/mol. The minimum Gasteiger partial charge on any atom is -0.489 e. The van der Waals surface area contributed by atoms with Gasteiger partial charge in [0.05, 0.1) is 7.11 Å². The van der Waals surface area contributed by atoms with Gasteiger partial charge in [-0.15, -0.1) is 4.99 Å². The molecule has 4 nitrogen and oxygen atoms in total. The van der Waals surface area contributed by atoms with Crippen LogP contribution < -0.4 is 4.74 Å². The quantitative estimate of drug-likeness (QED) is 0.490. The molecule has 0 aliphatic carbocycles. The van der Waals surface area contributed by atoms with E-state index in [1.165, 1.54) is 7.11 Å². The average Bonchev–Trinajstić information content (AvgIpc) is 2.51. The van der Waals surface area contributed by atoms with Gasteiger partial charge in [0.25, 0.3) is 0 Å². The number of nitriles is 1. The summed E-state index contributed by atoms with van der Waals surface area (Å²) in [5.41, 5.74) is 1.64. The fourth-order valence-corrected chi connectivity index (χ4v) is 2.01. The van der Waals surface area contributed by atoms with Crippen LogP contribution in [-0.4, -0.2) is 13.0 Å². The predicted molar refractivity (Wildman–Crippen MR) is 81.4 cm³/mol. The first-order valence-corrected chi connectivity index (χ1v) is 6.59. The highest BCUT2D eigenvalue weighted by atomic mass is 35.5. The molecule has 0 bridgehead atoms. The summed E-state index contributed by atoms with van der Waals surface area (Å²) >= 11 is 6.06. The maximum Gasteiger partial charge on any atom is 0.231 e. The maximum atomic E-state index is 8.64. The second-order valence-corrected chi connectivity index (χ2v) is 4.61. The van der Waals surface area contributed by atoms with Crippen molar-refractivity contribution in [3.05, 3.63) is 64.7 Å². The van der Waals surface area contributed by atoms with E-state index in [1.807, 2.05) is 30.3 Å². The summed E-state index contributed by atoms with van der Waals surface area (Å²) in [6.07, 6.45) is 1.69. The number of hydrogen-bond acceptors (Lipinski definition) is 4. The Balaban J connectivity index is 2.19. The molecular weight excluding hydrogens is 288 g/mol. The molecule has 2 aromatic carbocycles. The van der Waals surface area contributed by atoms with E-state index >= 15 is 0 Å². The first-order chi connectivity index (χ1) is 10.2. The molecule has 0 N–H and O–H groups in total. The van der Waals surface area contributed by atoms with E-state index in [9.17, 15) is 0 Å². The summed E-state index contributed by atoms with van der Waals surface area (Å²) < 4.78 is 10.8. The van der Waals surface area contributed by atoms with E-state index in [-0.39, 0.29) is 5.90 Å². The first kappa shape index (κ1) is 14.9. The highest BCUT2D eigenvalue weighted by Gasteiger charge is 2.08. The van der Waals surface area contributed by atoms with Gasteiger partial charge in [-0.3, -0.25) is 0 Å². The molecule has 0 saturated carbocycles. The van der Waals surface area contributed by atoms with Crippen molar-refractivity contribution in [1.29, 1.82) is 5.26 Å². The van der Waals surface area contributed by atoms with Crippen molar-refractivity contribution in [3.63, 3.8) is 0 Å². The standard InChI is InChI=1S/C16H13ClN2O2/c1-20-16(19-11-18)13-7-14(17)9-15(8-13)21-10-12-5-3-2-4-6-12/h2-9H,10H2,1H3. The third-order valence-electron chi connectivity index (χ3n) is 2.71. The van der Waals surface area contributed by atoms with Crippen LogP contribution in [0.3, 0.4) is 0 Å². The molecule has 2 aromatic rings. The summed E-state index contributed by atoms with van der Waals surface area (Å²) in [5.74, 6) is 0.786. The molecule has 0 unspecified atom stereocenters. The third-order valence-corrected chi connectivity index (χ3v) is 2.93. The summed E-state index contributed by atoms with van der Waals surface area (Å²) in [6.45, 7) is 0.429. The van der Waals surface area contributed by atoms with Gasteiger partial charge in [-0.25, -0.2) is 0 Å². The van der Waals surface area contributed by atoms with E-state index < -0.39 is 0 Å². The van der Waals surface area contributed by atoms with Gasteiger partial charge in [-0.05, 0) is 23.8 Å². The van der Waals surface area contributed by atoms with Crippen molar-refractivity contribution < 1.29 is 9.47 Å².